The van der Waals surface area contributed by atoms with Crippen molar-refractivity contribution in [3.05, 3.63) is 162 Å². The van der Waals surface area contributed by atoms with Crippen LogP contribution in [0, 0.1) is 5.92 Å². The molecule has 0 bridgehead atoms. The number of nitrogens with zero attached hydrogens (tertiary/aromatic N) is 2. The van der Waals surface area contributed by atoms with Gasteiger partial charge in [0.15, 0.2) is 11.5 Å². The molecule has 1 N–H and O–H groups in total. The van der Waals surface area contributed by atoms with Gasteiger partial charge in [0.25, 0.3) is 0 Å². The van der Waals surface area contributed by atoms with Crippen LogP contribution in [0.25, 0.3) is 38.7 Å². The van der Waals surface area contributed by atoms with Crippen LogP contribution in [0.4, 0.5) is 0 Å². The summed E-state index contributed by atoms with van der Waals surface area (Å²) < 4.78 is 0. The average molecular weight is 568 g/mol. The minimum absolute atomic E-state index is 0.0888. The Bertz CT molecular complexity index is 2130. The van der Waals surface area contributed by atoms with Gasteiger partial charge >= 0.3 is 0 Å². The predicted octanol–water partition coefficient (Wildman–Crippen LogP) is 9.73. The summed E-state index contributed by atoms with van der Waals surface area (Å²) in [6, 6.07) is 47.5. The lowest BCUT2D eigenvalue weighted by Crippen LogP contribution is -2.49. The topological polar surface area (TPSA) is 36.8 Å². The van der Waals surface area contributed by atoms with Crippen LogP contribution < -0.4 is 5.32 Å². The molecular weight excluding hydrogens is 534 g/mol. The second-order valence-corrected chi connectivity index (χ2v) is 12.1. The van der Waals surface area contributed by atoms with E-state index in [1.165, 1.54) is 38.4 Å². The SMILES string of the molecule is CC1C=Cc2ccccc2C1C1=NC(c2cccc3ccccc23)=NC(C)(c2ccc(-c3cccc4ccccc34)cc2)N1. The van der Waals surface area contributed by atoms with E-state index in [2.05, 4.69) is 165 Å². The van der Waals surface area contributed by atoms with Gasteiger partial charge in [-0.3, -0.25) is 0 Å². The first-order chi connectivity index (χ1) is 21.6. The smallest absolute Gasteiger partial charge is 0.159 e. The average Bonchev–Trinajstić information content (AvgIpc) is 3.07. The third kappa shape index (κ3) is 4.44. The maximum atomic E-state index is 5.38. The van der Waals surface area contributed by atoms with Crippen LogP contribution in [0.15, 0.2) is 150 Å². The van der Waals surface area contributed by atoms with Crippen LogP contribution in [-0.4, -0.2) is 11.7 Å². The van der Waals surface area contributed by atoms with Crippen molar-refractivity contribution in [2.24, 2.45) is 15.9 Å². The monoisotopic (exact) mass is 567 g/mol. The zero-order valence-electron chi connectivity index (χ0n) is 24.9. The highest BCUT2D eigenvalue weighted by Crippen LogP contribution is 2.39. The van der Waals surface area contributed by atoms with E-state index in [0.29, 0.717) is 0 Å². The molecular formula is C41H33N3. The van der Waals surface area contributed by atoms with Crippen molar-refractivity contribution in [1.82, 2.24) is 5.32 Å². The van der Waals surface area contributed by atoms with Gasteiger partial charge in [0.1, 0.15) is 5.84 Å². The van der Waals surface area contributed by atoms with Crippen molar-refractivity contribution < 1.29 is 0 Å². The zero-order valence-corrected chi connectivity index (χ0v) is 24.9. The molecule has 0 spiro atoms. The molecule has 3 atom stereocenters. The molecule has 3 unspecified atom stereocenters. The lowest BCUT2D eigenvalue weighted by atomic mass is 9.78. The summed E-state index contributed by atoms with van der Waals surface area (Å²) in [6.45, 7) is 4.45. The standard InChI is InChI=1S/C41H33N3/c1-27-21-22-30-13-5-8-18-36(30)38(27)40-42-39(37-20-10-15-29-12-4-7-17-35(29)37)43-41(2,44-40)32-25-23-31(24-26-32)34-19-9-14-28-11-3-6-16-33(28)34/h3-27,38H,1-2H3,(H,42,43,44). The molecule has 1 heterocycles. The van der Waals surface area contributed by atoms with Crippen LogP contribution in [0.5, 0.6) is 0 Å². The largest absolute Gasteiger partial charge is 0.345 e. The molecule has 6 aromatic carbocycles. The number of fused-ring (bicyclic) bond motifs is 3. The number of hydrogen-bond acceptors (Lipinski definition) is 3. The number of allylic oxidation sites excluding steroid dienone is 1. The Morgan fingerprint density at radius 2 is 1.25 bits per heavy atom. The second kappa shape index (κ2) is 10.5. The van der Waals surface area contributed by atoms with Gasteiger partial charge < -0.3 is 5.32 Å². The molecule has 2 aliphatic rings. The first-order valence-corrected chi connectivity index (χ1v) is 15.4. The highest BCUT2D eigenvalue weighted by molar-refractivity contribution is 6.16. The second-order valence-electron chi connectivity index (χ2n) is 12.1. The van der Waals surface area contributed by atoms with Gasteiger partial charge in [0.2, 0.25) is 0 Å². The van der Waals surface area contributed by atoms with Crippen LogP contribution in [-0.2, 0) is 5.66 Å². The first-order valence-electron chi connectivity index (χ1n) is 15.4. The molecule has 44 heavy (non-hydrogen) atoms. The predicted molar refractivity (Wildman–Crippen MR) is 185 cm³/mol. The van der Waals surface area contributed by atoms with Crippen molar-refractivity contribution in [3.8, 4) is 11.1 Å². The molecule has 6 aromatic rings. The summed E-state index contributed by atoms with van der Waals surface area (Å²) in [5, 5.41) is 8.70. The van der Waals surface area contributed by atoms with E-state index in [-0.39, 0.29) is 11.8 Å². The van der Waals surface area contributed by atoms with Crippen LogP contribution >= 0.6 is 0 Å². The molecule has 1 aliphatic heterocycles. The number of benzene rings is 6. The van der Waals surface area contributed by atoms with Crippen LogP contribution in [0.1, 0.15) is 42.0 Å². The molecule has 0 saturated carbocycles. The summed E-state index contributed by atoms with van der Waals surface area (Å²) in [5.41, 5.74) is 6.40. The third-order valence-corrected chi connectivity index (χ3v) is 9.24. The number of amidine groups is 2. The highest BCUT2D eigenvalue weighted by atomic mass is 15.2. The van der Waals surface area contributed by atoms with E-state index < -0.39 is 5.66 Å². The number of rotatable bonds is 4. The van der Waals surface area contributed by atoms with Crippen LogP contribution in [0.3, 0.4) is 0 Å². The molecule has 0 amide bonds. The lowest BCUT2D eigenvalue weighted by molar-refractivity contribution is 0.441. The summed E-state index contributed by atoms with van der Waals surface area (Å²) in [5.74, 6) is 2.08. The number of nitrogens with one attached hydrogen (secondary N) is 1. The Morgan fingerprint density at radius 3 is 2.00 bits per heavy atom. The molecule has 0 aromatic heterocycles. The maximum absolute atomic E-state index is 5.38. The van der Waals surface area contributed by atoms with Gasteiger partial charge in [-0.2, -0.15) is 0 Å². The Balaban J connectivity index is 1.27. The fraction of sp³-hybridized carbons (Fsp3) is 0.122. The van der Waals surface area contributed by atoms with Crippen molar-refractivity contribution in [2.45, 2.75) is 25.4 Å². The first kappa shape index (κ1) is 26.4. The van der Waals surface area contributed by atoms with Crippen molar-refractivity contribution in [1.29, 1.82) is 0 Å². The Labute approximate surface area is 258 Å². The Kier molecular flexibility index (Phi) is 6.27. The zero-order chi connectivity index (χ0) is 29.7. The lowest BCUT2D eigenvalue weighted by Gasteiger charge is -2.38. The minimum atomic E-state index is -0.712. The van der Waals surface area contributed by atoms with Gasteiger partial charge in [-0.1, -0.05) is 153 Å². The summed E-state index contributed by atoms with van der Waals surface area (Å²) >= 11 is 0. The van der Waals surface area contributed by atoms with E-state index in [1.54, 1.807) is 0 Å². The van der Waals surface area contributed by atoms with Crippen molar-refractivity contribution in [2.75, 3.05) is 0 Å². The molecule has 0 fully saturated rings. The van der Waals surface area contributed by atoms with Crippen LogP contribution in [0.2, 0.25) is 0 Å². The Morgan fingerprint density at radius 1 is 0.636 bits per heavy atom. The minimum Gasteiger partial charge on any atom is -0.345 e. The fourth-order valence-electron chi connectivity index (χ4n) is 6.92. The highest BCUT2D eigenvalue weighted by Gasteiger charge is 2.37. The number of aliphatic imine (C=N–C) groups is 2. The maximum Gasteiger partial charge on any atom is 0.159 e. The normalized spacial score (nSPS) is 21.0. The Hall–Kier alpha value is -5.28. The molecule has 3 nitrogen and oxygen atoms in total. The summed E-state index contributed by atoms with van der Waals surface area (Å²) in [6.07, 6.45) is 4.54. The fourth-order valence-corrected chi connectivity index (χ4v) is 6.92. The summed E-state index contributed by atoms with van der Waals surface area (Å²) in [4.78, 5) is 10.7. The van der Waals surface area contributed by atoms with Gasteiger partial charge in [0.05, 0.1) is 0 Å². The van der Waals surface area contributed by atoms with Gasteiger partial charge in [-0.25, -0.2) is 9.98 Å². The van der Waals surface area contributed by atoms with Gasteiger partial charge in [-0.15, -0.1) is 0 Å². The van der Waals surface area contributed by atoms with E-state index in [4.69, 9.17) is 9.98 Å². The van der Waals surface area contributed by atoms with E-state index in [9.17, 15) is 0 Å². The molecule has 3 heteroatoms. The van der Waals surface area contributed by atoms with E-state index in [0.717, 1.165) is 28.2 Å². The molecule has 0 saturated heterocycles. The molecule has 0 radical (unpaired) electrons. The molecule has 8 rings (SSSR count). The summed E-state index contributed by atoms with van der Waals surface area (Å²) in [7, 11) is 0. The van der Waals surface area contributed by atoms with Gasteiger partial charge in [0, 0.05) is 11.5 Å². The van der Waals surface area contributed by atoms with Gasteiger partial charge in [-0.05, 0) is 62.2 Å². The van der Waals surface area contributed by atoms with E-state index in [1.807, 2.05) is 0 Å². The number of hydrogen-bond donors (Lipinski definition) is 1. The quantitative estimate of drug-likeness (QED) is 0.226. The third-order valence-electron chi connectivity index (χ3n) is 9.24. The van der Waals surface area contributed by atoms with E-state index >= 15 is 0 Å². The molecule has 212 valence electrons. The van der Waals surface area contributed by atoms with Crippen molar-refractivity contribution >= 4 is 39.3 Å². The van der Waals surface area contributed by atoms with Crippen molar-refractivity contribution in [3.63, 3.8) is 0 Å². The molecule has 1 aliphatic carbocycles.